The number of benzene rings is 2. The fourth-order valence-electron chi connectivity index (χ4n) is 4.43. The van der Waals surface area contributed by atoms with Crippen LogP contribution < -0.4 is 5.73 Å². The Hall–Kier alpha value is -2.46. The van der Waals surface area contributed by atoms with E-state index in [1.807, 2.05) is 36.5 Å². The molecule has 4 rings (SSSR count). The van der Waals surface area contributed by atoms with Gasteiger partial charge in [0.05, 0.1) is 11.2 Å². The monoisotopic (exact) mass is 409 g/mol. The Kier molecular flexibility index (Phi) is 5.81. The predicted molar refractivity (Wildman–Crippen MR) is 118 cm³/mol. The second kappa shape index (κ2) is 8.50. The van der Waals surface area contributed by atoms with Crippen molar-refractivity contribution in [2.75, 3.05) is 0 Å². The smallest absolute Gasteiger partial charge is 0.123 e. The zero-order chi connectivity index (χ0) is 20.4. The van der Waals surface area contributed by atoms with Gasteiger partial charge in [-0.15, -0.1) is 0 Å². The van der Waals surface area contributed by atoms with Crippen LogP contribution in [0.4, 0.5) is 10.1 Å². The number of nitrogens with zero attached hydrogens (tertiary/aromatic N) is 2. The number of amidine groups is 1. The average molecular weight is 410 g/mol. The van der Waals surface area contributed by atoms with Crippen LogP contribution >= 0.6 is 11.6 Å². The number of pyridine rings is 1. The van der Waals surface area contributed by atoms with Crippen molar-refractivity contribution in [3.8, 4) is 0 Å². The Morgan fingerprint density at radius 2 is 1.83 bits per heavy atom. The lowest BCUT2D eigenvalue weighted by atomic mass is 9.73. The van der Waals surface area contributed by atoms with Gasteiger partial charge in [0.25, 0.3) is 0 Å². The molecule has 0 spiro atoms. The summed E-state index contributed by atoms with van der Waals surface area (Å²) in [7, 11) is 0. The summed E-state index contributed by atoms with van der Waals surface area (Å²) in [6, 6.07) is 14.3. The van der Waals surface area contributed by atoms with Crippen molar-refractivity contribution in [3.63, 3.8) is 0 Å². The molecule has 0 aliphatic heterocycles. The van der Waals surface area contributed by atoms with E-state index in [1.165, 1.54) is 11.6 Å². The first-order chi connectivity index (χ1) is 14.0. The Morgan fingerprint density at radius 3 is 2.55 bits per heavy atom. The lowest BCUT2D eigenvalue weighted by Gasteiger charge is -2.32. The van der Waals surface area contributed by atoms with E-state index in [0.717, 1.165) is 42.3 Å². The van der Waals surface area contributed by atoms with E-state index in [4.69, 9.17) is 17.3 Å². The van der Waals surface area contributed by atoms with Gasteiger partial charge in [-0.25, -0.2) is 9.38 Å². The van der Waals surface area contributed by atoms with Crippen molar-refractivity contribution in [3.05, 3.63) is 71.1 Å². The third-order valence-corrected chi connectivity index (χ3v) is 6.46. The second-order valence-electron chi connectivity index (χ2n) is 7.98. The quantitative estimate of drug-likeness (QED) is 0.388. The third-order valence-electron chi connectivity index (χ3n) is 6.21. The Balaban J connectivity index is 1.45. The molecule has 5 heteroatoms. The molecule has 3 nitrogen and oxygen atoms in total. The maximum Gasteiger partial charge on any atom is 0.123 e. The predicted octanol–water partition coefficient (Wildman–Crippen LogP) is 6.63. The lowest BCUT2D eigenvalue weighted by Crippen LogP contribution is -2.30. The summed E-state index contributed by atoms with van der Waals surface area (Å²) >= 11 is 5.94. The molecule has 2 aromatic carbocycles. The molecule has 1 aliphatic carbocycles. The summed E-state index contributed by atoms with van der Waals surface area (Å²) in [6.45, 7) is 2.16. The maximum atomic E-state index is 13.8. The number of aliphatic imine (C=N–C) groups is 1. The minimum atomic E-state index is -0.208. The third kappa shape index (κ3) is 4.43. The SMILES string of the molecule is C[C@@H](C(N)=Nc1ccc(Cl)cc1)C1CCC(c2ccnc3ccc(F)cc23)CC1. The molecule has 3 aromatic rings. The molecule has 0 radical (unpaired) electrons. The van der Waals surface area contributed by atoms with E-state index in [0.29, 0.717) is 22.7 Å². The number of hydrogen-bond donors (Lipinski definition) is 1. The lowest BCUT2D eigenvalue weighted by molar-refractivity contribution is 0.287. The minimum absolute atomic E-state index is 0.208. The van der Waals surface area contributed by atoms with Gasteiger partial charge in [0.2, 0.25) is 0 Å². The topological polar surface area (TPSA) is 51.3 Å². The van der Waals surface area contributed by atoms with Crippen LogP contribution in [0.25, 0.3) is 10.9 Å². The molecule has 1 aromatic heterocycles. The molecular weight excluding hydrogens is 385 g/mol. The molecule has 1 atom stereocenters. The summed E-state index contributed by atoms with van der Waals surface area (Å²) in [4.78, 5) is 8.97. The molecular formula is C24H25ClFN3. The minimum Gasteiger partial charge on any atom is -0.387 e. The fourth-order valence-corrected chi connectivity index (χ4v) is 4.56. The largest absolute Gasteiger partial charge is 0.387 e. The second-order valence-corrected chi connectivity index (χ2v) is 8.41. The van der Waals surface area contributed by atoms with Crippen molar-refractivity contribution in [1.82, 2.24) is 4.98 Å². The van der Waals surface area contributed by atoms with Gasteiger partial charge in [-0.05, 0) is 91.6 Å². The average Bonchev–Trinajstić information content (AvgIpc) is 2.74. The van der Waals surface area contributed by atoms with Gasteiger partial charge in [-0.1, -0.05) is 18.5 Å². The van der Waals surface area contributed by atoms with Crippen molar-refractivity contribution >= 4 is 34.0 Å². The van der Waals surface area contributed by atoms with E-state index >= 15 is 0 Å². The van der Waals surface area contributed by atoms with Gasteiger partial charge in [0, 0.05) is 22.5 Å². The van der Waals surface area contributed by atoms with Crippen LogP contribution in [0.5, 0.6) is 0 Å². The van der Waals surface area contributed by atoms with Crippen molar-refractivity contribution in [2.45, 2.75) is 38.5 Å². The van der Waals surface area contributed by atoms with Gasteiger partial charge in [0.1, 0.15) is 11.7 Å². The summed E-state index contributed by atoms with van der Waals surface area (Å²) in [5.41, 5.74) is 9.22. The molecule has 0 bridgehead atoms. The first kappa shape index (κ1) is 19.8. The van der Waals surface area contributed by atoms with Gasteiger partial charge >= 0.3 is 0 Å². The van der Waals surface area contributed by atoms with Gasteiger partial charge in [-0.2, -0.15) is 0 Å². The Morgan fingerprint density at radius 1 is 1.10 bits per heavy atom. The van der Waals surface area contributed by atoms with E-state index in [2.05, 4.69) is 16.9 Å². The van der Waals surface area contributed by atoms with Crippen LogP contribution in [0, 0.1) is 17.7 Å². The van der Waals surface area contributed by atoms with Gasteiger partial charge < -0.3 is 5.73 Å². The van der Waals surface area contributed by atoms with Crippen molar-refractivity contribution in [1.29, 1.82) is 0 Å². The summed E-state index contributed by atoms with van der Waals surface area (Å²) in [6.07, 6.45) is 6.14. The highest BCUT2D eigenvalue weighted by molar-refractivity contribution is 6.30. The zero-order valence-corrected chi connectivity index (χ0v) is 17.2. The van der Waals surface area contributed by atoms with Crippen LogP contribution in [-0.4, -0.2) is 10.8 Å². The van der Waals surface area contributed by atoms with Crippen LogP contribution in [0.3, 0.4) is 0 Å². The molecule has 0 amide bonds. The number of fused-ring (bicyclic) bond motifs is 1. The molecule has 0 unspecified atom stereocenters. The highest BCUT2D eigenvalue weighted by Gasteiger charge is 2.28. The summed E-state index contributed by atoms with van der Waals surface area (Å²) in [5, 5.41) is 1.63. The van der Waals surface area contributed by atoms with E-state index in [1.54, 1.807) is 12.1 Å². The van der Waals surface area contributed by atoms with Crippen LogP contribution in [0.2, 0.25) is 5.02 Å². The standard InChI is InChI=1S/C24H25ClFN3/c1-15(24(27)29-20-9-6-18(25)7-10-20)16-2-4-17(5-3-16)21-12-13-28-23-11-8-19(26)14-22(21)23/h6-17H,2-5H2,1H3,(H2,27,29)/t15-,16?,17?/m1/s1. The number of nitrogens with two attached hydrogens (primary N) is 1. The van der Waals surface area contributed by atoms with Gasteiger partial charge in [0.15, 0.2) is 0 Å². The summed E-state index contributed by atoms with van der Waals surface area (Å²) in [5.74, 6) is 1.62. The first-order valence-corrected chi connectivity index (χ1v) is 10.5. The van der Waals surface area contributed by atoms with Crippen LogP contribution in [0.15, 0.2) is 59.7 Å². The Bertz CT molecular complexity index is 1020. The van der Waals surface area contributed by atoms with E-state index in [9.17, 15) is 4.39 Å². The van der Waals surface area contributed by atoms with Crippen molar-refractivity contribution < 1.29 is 4.39 Å². The van der Waals surface area contributed by atoms with E-state index in [-0.39, 0.29) is 11.7 Å². The molecule has 0 saturated heterocycles. The molecule has 1 fully saturated rings. The highest BCUT2D eigenvalue weighted by atomic mass is 35.5. The number of halogens is 2. The van der Waals surface area contributed by atoms with Crippen molar-refractivity contribution in [2.24, 2.45) is 22.6 Å². The molecule has 150 valence electrons. The molecule has 29 heavy (non-hydrogen) atoms. The highest BCUT2D eigenvalue weighted by Crippen LogP contribution is 2.41. The molecule has 2 N–H and O–H groups in total. The molecule has 1 heterocycles. The number of rotatable bonds is 4. The van der Waals surface area contributed by atoms with Crippen LogP contribution in [0.1, 0.15) is 44.1 Å². The number of aromatic nitrogens is 1. The first-order valence-electron chi connectivity index (χ1n) is 10.1. The summed E-state index contributed by atoms with van der Waals surface area (Å²) < 4.78 is 13.8. The van der Waals surface area contributed by atoms with E-state index < -0.39 is 0 Å². The fraction of sp³-hybridized carbons (Fsp3) is 0.333. The maximum absolute atomic E-state index is 13.8. The van der Waals surface area contributed by atoms with Gasteiger partial charge in [-0.3, -0.25) is 4.98 Å². The molecule has 1 saturated carbocycles. The molecule has 1 aliphatic rings. The van der Waals surface area contributed by atoms with Crippen LogP contribution in [-0.2, 0) is 0 Å². The number of hydrogen-bond acceptors (Lipinski definition) is 2. The zero-order valence-electron chi connectivity index (χ0n) is 16.5. The normalized spacial score (nSPS) is 21.3. The Labute approximate surface area is 175 Å².